The Kier molecular flexibility index (Phi) is 8.71. The fourth-order valence-corrected chi connectivity index (χ4v) is 4.69. The normalized spacial score (nSPS) is 15.0. The zero-order valence-electron chi connectivity index (χ0n) is 13.0. The molecule has 0 bridgehead atoms. The van der Waals surface area contributed by atoms with E-state index in [1.165, 1.54) is 0 Å². The van der Waals surface area contributed by atoms with Crippen molar-refractivity contribution in [3.8, 4) is 0 Å². The Morgan fingerprint density at radius 3 is 2.12 bits per heavy atom. The van der Waals surface area contributed by atoms with Gasteiger partial charge in [-0.05, 0) is 17.7 Å². The number of benzene rings is 1. The molecule has 0 aliphatic carbocycles. The molecular formula is C14H14Cl2F6O3Si. The van der Waals surface area contributed by atoms with Gasteiger partial charge in [-0.2, -0.15) is 37.4 Å². The minimum atomic E-state index is -5.70. The third-order valence-corrected chi connectivity index (χ3v) is 6.70. The van der Waals surface area contributed by atoms with Crippen LogP contribution >= 0.6 is 22.7 Å². The summed E-state index contributed by atoms with van der Waals surface area (Å²) in [5, 5.41) is 0.922. The van der Waals surface area contributed by atoms with Crippen LogP contribution in [-0.4, -0.2) is 44.7 Å². The van der Waals surface area contributed by atoms with Crippen molar-refractivity contribution in [2.75, 3.05) is 6.61 Å². The molecule has 0 saturated heterocycles. The molecule has 12 heteroatoms. The van der Waals surface area contributed by atoms with Crippen LogP contribution in [0.4, 0.5) is 26.3 Å². The highest BCUT2D eigenvalue weighted by Crippen LogP contribution is 2.35. The molecule has 148 valence electrons. The van der Waals surface area contributed by atoms with Gasteiger partial charge in [-0.3, -0.25) is 0 Å². The standard InChI is InChI=1S/C14H14Cl2F6O3Si/c15-10(6-7-26(16)9-4-2-1-3-5-9)25-11(23)8-24-12(13(17,18)19)14(20,21)22/h1-5,10,12,26H,6-8H2. The highest BCUT2D eigenvalue weighted by Gasteiger charge is 2.58. The largest absolute Gasteiger partial charge is 0.444 e. The first kappa shape index (κ1) is 23.1. The summed E-state index contributed by atoms with van der Waals surface area (Å²) >= 11 is 12.0. The van der Waals surface area contributed by atoms with E-state index in [2.05, 4.69) is 9.47 Å². The highest BCUT2D eigenvalue weighted by atomic mass is 35.6. The molecule has 0 spiro atoms. The summed E-state index contributed by atoms with van der Waals surface area (Å²) in [5.41, 5.74) is -1.24. The number of carbonyl (C=O) groups is 1. The van der Waals surface area contributed by atoms with Gasteiger partial charge in [0.05, 0.1) is 0 Å². The van der Waals surface area contributed by atoms with Crippen molar-refractivity contribution in [2.45, 2.75) is 36.5 Å². The summed E-state index contributed by atoms with van der Waals surface area (Å²) in [6, 6.07) is 9.45. The molecule has 3 nitrogen and oxygen atoms in total. The van der Waals surface area contributed by atoms with E-state index in [9.17, 15) is 31.1 Å². The number of esters is 1. The van der Waals surface area contributed by atoms with E-state index in [1.54, 1.807) is 12.1 Å². The van der Waals surface area contributed by atoms with Crippen LogP contribution < -0.4 is 5.19 Å². The van der Waals surface area contributed by atoms with E-state index in [4.69, 9.17) is 22.7 Å². The van der Waals surface area contributed by atoms with Crippen molar-refractivity contribution in [3.05, 3.63) is 30.3 Å². The second kappa shape index (κ2) is 9.82. The first-order valence-corrected chi connectivity index (χ1v) is 10.8. The molecule has 1 rings (SSSR count). The highest BCUT2D eigenvalue weighted by molar-refractivity contribution is 7.14. The van der Waals surface area contributed by atoms with Crippen LogP contribution in [0.25, 0.3) is 0 Å². The van der Waals surface area contributed by atoms with Gasteiger partial charge in [0.25, 0.3) is 0 Å². The third-order valence-electron chi connectivity index (χ3n) is 3.03. The maximum Gasteiger partial charge on any atom is 0.423 e. The fourth-order valence-electron chi connectivity index (χ4n) is 1.87. The van der Waals surface area contributed by atoms with Crippen LogP contribution in [0.3, 0.4) is 0 Å². The molecule has 2 atom stereocenters. The molecule has 1 aromatic carbocycles. The lowest BCUT2D eigenvalue weighted by Crippen LogP contribution is -2.45. The summed E-state index contributed by atoms with van der Waals surface area (Å²) in [6.45, 7) is -1.53. The van der Waals surface area contributed by atoms with Crippen LogP contribution in [0.5, 0.6) is 0 Å². The summed E-state index contributed by atoms with van der Waals surface area (Å²) in [5.74, 6) is -1.43. The lowest BCUT2D eigenvalue weighted by atomic mass is 10.3. The molecule has 0 saturated carbocycles. The molecule has 0 heterocycles. The Labute approximate surface area is 156 Å². The van der Waals surface area contributed by atoms with E-state index >= 15 is 0 Å². The van der Waals surface area contributed by atoms with Crippen LogP contribution in [0.1, 0.15) is 6.42 Å². The smallest absolute Gasteiger partial charge is 0.423 e. The number of rotatable bonds is 8. The first-order chi connectivity index (χ1) is 11.9. The molecule has 0 aromatic heterocycles. The number of halogens is 8. The van der Waals surface area contributed by atoms with Gasteiger partial charge in [0.2, 0.25) is 6.10 Å². The average Bonchev–Trinajstić information content (AvgIpc) is 2.51. The van der Waals surface area contributed by atoms with Crippen LogP contribution in [-0.2, 0) is 14.3 Å². The molecule has 0 amide bonds. The Bertz CT molecular complexity index is 556. The molecule has 1 aromatic rings. The summed E-state index contributed by atoms with van der Waals surface area (Å²) in [4.78, 5) is 11.3. The maximum absolute atomic E-state index is 12.3. The predicted molar refractivity (Wildman–Crippen MR) is 86.1 cm³/mol. The van der Waals surface area contributed by atoms with Crippen molar-refractivity contribution in [2.24, 2.45) is 0 Å². The fraction of sp³-hybridized carbons (Fsp3) is 0.500. The summed E-state index contributed by atoms with van der Waals surface area (Å²) < 4.78 is 81.8. The zero-order chi connectivity index (χ0) is 20.0. The Morgan fingerprint density at radius 2 is 1.62 bits per heavy atom. The van der Waals surface area contributed by atoms with E-state index in [-0.39, 0.29) is 6.42 Å². The van der Waals surface area contributed by atoms with E-state index < -0.39 is 44.7 Å². The van der Waals surface area contributed by atoms with Gasteiger partial charge in [-0.15, -0.1) is 0 Å². The minimum Gasteiger partial charge on any atom is -0.444 e. The monoisotopic (exact) mass is 442 g/mol. The SMILES string of the molecule is O=C(COC(C(F)(F)F)C(F)(F)F)OC(Cl)CC[SiH](Cl)c1ccccc1. The van der Waals surface area contributed by atoms with Crippen LogP contribution in [0.2, 0.25) is 6.04 Å². The number of carbonyl (C=O) groups excluding carboxylic acids is 1. The van der Waals surface area contributed by atoms with Gasteiger partial charge >= 0.3 is 18.3 Å². The number of hydrogen-bond donors (Lipinski definition) is 0. The van der Waals surface area contributed by atoms with Crippen molar-refractivity contribution >= 4 is 41.9 Å². The van der Waals surface area contributed by atoms with Crippen molar-refractivity contribution in [3.63, 3.8) is 0 Å². The maximum atomic E-state index is 12.3. The molecule has 0 fully saturated rings. The second-order valence-electron chi connectivity index (χ2n) is 5.13. The van der Waals surface area contributed by atoms with E-state index in [0.29, 0.717) is 6.04 Å². The van der Waals surface area contributed by atoms with Gasteiger partial charge in [0.1, 0.15) is 6.61 Å². The molecule has 0 aliphatic rings. The number of ether oxygens (including phenoxy) is 2. The quantitative estimate of drug-likeness (QED) is 0.201. The van der Waals surface area contributed by atoms with E-state index in [0.717, 1.165) is 5.19 Å². The van der Waals surface area contributed by atoms with Gasteiger partial charge in [0, 0.05) is 0 Å². The van der Waals surface area contributed by atoms with Crippen molar-refractivity contribution in [1.29, 1.82) is 0 Å². The molecule has 0 N–H and O–H groups in total. The summed E-state index contributed by atoms with van der Waals surface area (Å²) in [7, 11) is -1.87. The zero-order valence-corrected chi connectivity index (χ0v) is 15.7. The Morgan fingerprint density at radius 1 is 1.08 bits per heavy atom. The first-order valence-electron chi connectivity index (χ1n) is 7.19. The Hall–Kier alpha value is -0.973. The molecule has 0 radical (unpaired) electrons. The van der Waals surface area contributed by atoms with E-state index in [1.807, 2.05) is 18.2 Å². The average molecular weight is 443 g/mol. The van der Waals surface area contributed by atoms with Gasteiger partial charge in [0.15, 0.2) is 13.7 Å². The van der Waals surface area contributed by atoms with Crippen LogP contribution in [0.15, 0.2) is 30.3 Å². The lowest BCUT2D eigenvalue weighted by Gasteiger charge is -2.22. The minimum absolute atomic E-state index is 0.102. The van der Waals surface area contributed by atoms with Gasteiger partial charge in [-0.25, -0.2) is 4.79 Å². The predicted octanol–water partition coefficient (Wildman–Crippen LogP) is 3.86. The molecular weight excluding hydrogens is 429 g/mol. The van der Waals surface area contributed by atoms with Crippen molar-refractivity contribution in [1.82, 2.24) is 0 Å². The van der Waals surface area contributed by atoms with Gasteiger partial charge < -0.3 is 9.47 Å². The third kappa shape index (κ3) is 8.15. The van der Waals surface area contributed by atoms with Gasteiger partial charge in [-0.1, -0.05) is 41.9 Å². The molecule has 26 heavy (non-hydrogen) atoms. The summed E-state index contributed by atoms with van der Waals surface area (Å²) in [6.07, 6.45) is -15.4. The number of alkyl halides is 7. The molecule has 2 unspecified atom stereocenters. The van der Waals surface area contributed by atoms with Crippen LogP contribution in [0, 0.1) is 0 Å². The molecule has 0 aliphatic heterocycles. The Balaban J connectivity index is 2.42. The topological polar surface area (TPSA) is 35.5 Å². The second-order valence-corrected chi connectivity index (χ2v) is 9.38. The lowest BCUT2D eigenvalue weighted by molar-refractivity contribution is -0.320. The van der Waals surface area contributed by atoms with Crippen molar-refractivity contribution < 1.29 is 40.6 Å². The number of hydrogen-bond acceptors (Lipinski definition) is 3.